The SMILES string of the molecule is [2H][C@@](Nc1cc(Cl)c2ncc(C#N)c(NC(C)(C)C(C)C)c2c1)(c1ccc(F)cc1)c1cn(C2CC2)nn1. The molecule has 1 aliphatic rings. The molecular formula is C28H29ClFN7. The van der Waals surface area contributed by atoms with Crippen molar-refractivity contribution in [2.24, 2.45) is 5.92 Å². The number of halogens is 2. The summed E-state index contributed by atoms with van der Waals surface area (Å²) >= 11 is 6.70. The molecule has 5 rings (SSSR count). The smallest absolute Gasteiger partial charge is 0.123 e. The zero-order chi connectivity index (χ0) is 27.2. The molecule has 0 radical (unpaired) electrons. The van der Waals surface area contributed by atoms with Gasteiger partial charge >= 0.3 is 0 Å². The molecule has 0 aliphatic heterocycles. The number of nitrogens with zero attached hydrogens (tertiary/aromatic N) is 5. The van der Waals surface area contributed by atoms with Crippen LogP contribution in [0.5, 0.6) is 0 Å². The Morgan fingerprint density at radius 2 is 1.97 bits per heavy atom. The summed E-state index contributed by atoms with van der Waals surface area (Å²) in [5, 5.41) is 26.2. The van der Waals surface area contributed by atoms with E-state index in [1.807, 2.05) is 6.07 Å². The fourth-order valence-electron chi connectivity index (χ4n) is 3.97. The zero-order valence-corrected chi connectivity index (χ0v) is 21.9. The summed E-state index contributed by atoms with van der Waals surface area (Å²) in [7, 11) is 0. The van der Waals surface area contributed by atoms with Gasteiger partial charge in [0.05, 0.1) is 41.4 Å². The molecule has 0 unspecified atom stereocenters. The molecule has 1 saturated carbocycles. The Labute approximate surface area is 222 Å². The van der Waals surface area contributed by atoms with Crippen molar-refractivity contribution in [1.29, 1.82) is 5.26 Å². The van der Waals surface area contributed by atoms with Crippen LogP contribution in [-0.4, -0.2) is 25.5 Å². The van der Waals surface area contributed by atoms with Crippen molar-refractivity contribution in [2.75, 3.05) is 10.6 Å². The highest BCUT2D eigenvalue weighted by Gasteiger charge is 2.28. The summed E-state index contributed by atoms with van der Waals surface area (Å²) in [6.07, 6.45) is 5.32. The molecule has 7 nitrogen and oxygen atoms in total. The third-order valence-electron chi connectivity index (χ3n) is 7.03. The van der Waals surface area contributed by atoms with Gasteiger partial charge in [-0.05, 0) is 62.4 Å². The Kier molecular flexibility index (Phi) is 6.17. The van der Waals surface area contributed by atoms with E-state index in [0.29, 0.717) is 44.1 Å². The average Bonchev–Trinajstić information content (AvgIpc) is 3.60. The first kappa shape index (κ1) is 23.7. The van der Waals surface area contributed by atoms with Crippen LogP contribution in [0.4, 0.5) is 15.8 Å². The van der Waals surface area contributed by atoms with E-state index < -0.39 is 11.8 Å². The van der Waals surface area contributed by atoms with E-state index in [9.17, 15) is 11.0 Å². The van der Waals surface area contributed by atoms with Gasteiger partial charge in [0.1, 0.15) is 17.6 Å². The molecule has 1 aliphatic carbocycles. The van der Waals surface area contributed by atoms with Gasteiger partial charge in [-0.2, -0.15) is 5.26 Å². The number of pyridine rings is 1. The molecule has 0 saturated heterocycles. The van der Waals surface area contributed by atoms with Gasteiger partial charge in [0, 0.05) is 22.8 Å². The van der Waals surface area contributed by atoms with E-state index in [4.69, 9.17) is 11.6 Å². The van der Waals surface area contributed by atoms with Crippen LogP contribution in [0.3, 0.4) is 0 Å². The third-order valence-corrected chi connectivity index (χ3v) is 7.31. The topological polar surface area (TPSA) is 91.5 Å². The molecule has 0 amide bonds. The van der Waals surface area contributed by atoms with E-state index >= 15 is 0 Å². The Morgan fingerprint density at radius 1 is 1.24 bits per heavy atom. The normalized spacial score (nSPS) is 15.8. The van der Waals surface area contributed by atoms with E-state index in [0.717, 1.165) is 12.8 Å². The lowest BCUT2D eigenvalue weighted by Gasteiger charge is -2.32. The number of anilines is 2. The molecule has 4 aromatic rings. The molecule has 0 spiro atoms. The summed E-state index contributed by atoms with van der Waals surface area (Å²) in [5.74, 6) is -0.132. The number of aromatic nitrogens is 4. The number of rotatable bonds is 8. The Bertz CT molecular complexity index is 1540. The summed E-state index contributed by atoms with van der Waals surface area (Å²) in [5.41, 5.74) is 2.60. The first-order chi connectivity index (χ1) is 18.0. The lowest BCUT2D eigenvalue weighted by atomic mass is 9.90. The van der Waals surface area contributed by atoms with Crippen molar-refractivity contribution < 1.29 is 5.76 Å². The van der Waals surface area contributed by atoms with Crippen LogP contribution >= 0.6 is 11.6 Å². The number of hydrogen-bond donors (Lipinski definition) is 2. The minimum absolute atomic E-state index is 0.266. The highest BCUT2D eigenvalue weighted by Crippen LogP contribution is 2.38. The molecule has 1 fully saturated rings. The molecule has 0 bridgehead atoms. The molecule has 2 N–H and O–H groups in total. The van der Waals surface area contributed by atoms with Crippen molar-refractivity contribution in [3.05, 3.63) is 76.5 Å². The van der Waals surface area contributed by atoms with Gasteiger partial charge in [0.15, 0.2) is 0 Å². The van der Waals surface area contributed by atoms with Crippen LogP contribution in [0, 0.1) is 23.1 Å². The predicted octanol–water partition coefficient (Wildman–Crippen LogP) is 6.87. The van der Waals surface area contributed by atoms with Gasteiger partial charge in [-0.15, -0.1) is 5.10 Å². The fraction of sp³-hybridized carbons (Fsp3) is 0.357. The Morgan fingerprint density at radius 3 is 2.62 bits per heavy atom. The van der Waals surface area contributed by atoms with Gasteiger partial charge < -0.3 is 10.6 Å². The van der Waals surface area contributed by atoms with Crippen LogP contribution in [-0.2, 0) is 0 Å². The van der Waals surface area contributed by atoms with Crippen LogP contribution in [0.25, 0.3) is 10.9 Å². The number of nitriles is 1. The number of nitrogens with one attached hydrogen (secondary N) is 2. The maximum absolute atomic E-state index is 13.8. The molecule has 2 heterocycles. The first-order valence-electron chi connectivity index (χ1n) is 12.8. The lowest BCUT2D eigenvalue weighted by molar-refractivity contribution is 0.408. The summed E-state index contributed by atoms with van der Waals surface area (Å²) < 4.78 is 25.1. The standard InChI is InChI=1S/C28H29ClFN7/c1-16(2)28(3,4)34-25-18(13-31)14-32-27-22(25)11-20(12-23(27)29)33-26(17-5-7-19(30)8-6-17)24-15-37(36-35-24)21-9-10-21/h5-8,11-12,14-16,21,26,33H,9-10H2,1-4H3,(H,32,34)/t26-/m1/s1/i26D. The summed E-state index contributed by atoms with van der Waals surface area (Å²) in [6.45, 7) is 8.35. The molecule has 2 aromatic carbocycles. The first-order valence-corrected chi connectivity index (χ1v) is 12.7. The number of benzene rings is 2. The van der Waals surface area contributed by atoms with Crippen LogP contribution in [0.2, 0.25) is 5.02 Å². The van der Waals surface area contributed by atoms with Crippen LogP contribution in [0.15, 0.2) is 48.8 Å². The molecule has 2 aromatic heterocycles. The molecule has 9 heteroatoms. The number of fused-ring (bicyclic) bond motifs is 1. The molecule has 37 heavy (non-hydrogen) atoms. The lowest BCUT2D eigenvalue weighted by Crippen LogP contribution is -2.37. The van der Waals surface area contributed by atoms with Crippen molar-refractivity contribution in [3.8, 4) is 6.07 Å². The molecule has 1 atom stereocenters. The highest BCUT2D eigenvalue weighted by atomic mass is 35.5. The van der Waals surface area contributed by atoms with E-state index in [2.05, 4.69) is 59.7 Å². The minimum Gasteiger partial charge on any atom is -0.378 e. The van der Waals surface area contributed by atoms with E-state index in [-0.39, 0.29) is 17.5 Å². The van der Waals surface area contributed by atoms with Crippen molar-refractivity contribution in [3.63, 3.8) is 0 Å². The van der Waals surface area contributed by atoms with Gasteiger partial charge in [-0.25, -0.2) is 9.07 Å². The second-order valence-electron chi connectivity index (χ2n) is 10.3. The largest absolute Gasteiger partial charge is 0.378 e. The molecule has 190 valence electrons. The minimum atomic E-state index is -1.59. The summed E-state index contributed by atoms with van der Waals surface area (Å²) in [4.78, 5) is 4.44. The highest BCUT2D eigenvalue weighted by molar-refractivity contribution is 6.35. The average molecular weight is 519 g/mol. The van der Waals surface area contributed by atoms with Crippen molar-refractivity contribution in [2.45, 2.75) is 58.1 Å². The van der Waals surface area contributed by atoms with Crippen molar-refractivity contribution >= 4 is 33.9 Å². The van der Waals surface area contributed by atoms with Crippen molar-refractivity contribution in [1.82, 2.24) is 20.0 Å². The van der Waals surface area contributed by atoms with Gasteiger partial charge in [-0.3, -0.25) is 4.98 Å². The van der Waals surface area contributed by atoms with Crippen LogP contribution < -0.4 is 10.6 Å². The van der Waals surface area contributed by atoms with Gasteiger partial charge in [0.2, 0.25) is 0 Å². The van der Waals surface area contributed by atoms with E-state index in [1.165, 1.54) is 18.3 Å². The Hall–Kier alpha value is -3.70. The zero-order valence-electron chi connectivity index (χ0n) is 22.2. The second kappa shape index (κ2) is 9.64. The van der Waals surface area contributed by atoms with E-state index in [1.54, 1.807) is 29.1 Å². The van der Waals surface area contributed by atoms with Crippen LogP contribution in [0.1, 0.15) is 70.8 Å². The predicted molar refractivity (Wildman–Crippen MR) is 144 cm³/mol. The summed E-state index contributed by atoms with van der Waals surface area (Å²) in [6, 6.07) is 10.2. The maximum Gasteiger partial charge on any atom is 0.123 e. The quantitative estimate of drug-likeness (QED) is 0.264. The fourth-order valence-corrected chi connectivity index (χ4v) is 4.24. The number of hydrogen-bond acceptors (Lipinski definition) is 6. The maximum atomic E-state index is 13.8. The third kappa shape index (κ3) is 5.09. The Balaban J connectivity index is 1.64. The van der Waals surface area contributed by atoms with Gasteiger partial charge in [-0.1, -0.05) is 42.8 Å². The second-order valence-corrected chi connectivity index (χ2v) is 10.7. The monoisotopic (exact) mass is 518 g/mol. The van der Waals surface area contributed by atoms with Gasteiger partial charge in [0.25, 0.3) is 0 Å². The molecular weight excluding hydrogens is 489 g/mol.